The summed E-state index contributed by atoms with van der Waals surface area (Å²) in [7, 11) is 1.63. The molecule has 4 rings (SSSR count). The molecule has 0 aliphatic heterocycles. The van der Waals surface area contributed by atoms with Gasteiger partial charge < -0.3 is 11.1 Å². The van der Waals surface area contributed by atoms with Gasteiger partial charge >= 0.3 is 5.69 Å². The zero-order valence-electron chi connectivity index (χ0n) is 19.8. The van der Waals surface area contributed by atoms with E-state index < -0.39 is 53.2 Å². The topological polar surface area (TPSA) is 164 Å². The zero-order valence-corrected chi connectivity index (χ0v) is 20.6. The lowest BCUT2D eigenvalue weighted by Gasteiger charge is -2.11. The highest BCUT2D eigenvalue weighted by atomic mass is 32.1. The number of fused-ring (bicyclic) bond motifs is 1. The minimum absolute atomic E-state index is 0.0175. The van der Waals surface area contributed by atoms with Gasteiger partial charge in [-0.3, -0.25) is 29.1 Å². The Bertz CT molecular complexity index is 1610. The fraction of sp³-hybridized carbons (Fsp3) is 0.286. The average Bonchev–Trinajstić information content (AvgIpc) is 3.47. The molecule has 0 atom stereocenters. The first-order chi connectivity index (χ1) is 17.8. The number of anilines is 1. The minimum Gasteiger partial charge on any atom is -0.365 e. The summed E-state index contributed by atoms with van der Waals surface area (Å²) in [4.78, 5) is 39.1. The number of alkyl halides is 4. The number of halogens is 4. The Morgan fingerprint density at radius 1 is 1.18 bits per heavy atom. The molecule has 0 bridgehead atoms. The molecule has 0 unspecified atom stereocenters. The number of rotatable bonds is 8. The number of hydrogen-bond acceptors (Lipinski definition) is 8. The van der Waals surface area contributed by atoms with Crippen LogP contribution in [0.2, 0.25) is 0 Å². The third kappa shape index (κ3) is 4.55. The maximum absolute atomic E-state index is 13.6. The Morgan fingerprint density at radius 3 is 2.37 bits per heavy atom. The SMILES string of the molecule is Cc1c(-c2cc(C(F)F)nc3sc(C(N)=O)c(NC(=O)Cn4nc(C(F)F)c([N+](=O)[O-])c4C)c23)cnn1C. The van der Waals surface area contributed by atoms with E-state index in [0.717, 1.165) is 17.7 Å². The highest BCUT2D eigenvalue weighted by Gasteiger charge is 2.32. The Balaban J connectivity index is 1.85. The molecule has 4 heterocycles. The number of carbonyl (C=O) groups excluding carboxylic acids is 2. The van der Waals surface area contributed by atoms with Gasteiger partial charge in [-0.2, -0.15) is 10.2 Å². The molecule has 4 aromatic rings. The Kier molecular flexibility index (Phi) is 6.88. The first-order valence-electron chi connectivity index (χ1n) is 10.7. The van der Waals surface area contributed by atoms with Gasteiger partial charge in [0.05, 0.1) is 16.8 Å². The number of carbonyl (C=O) groups is 2. The predicted molar refractivity (Wildman–Crippen MR) is 127 cm³/mol. The third-order valence-electron chi connectivity index (χ3n) is 5.80. The molecule has 0 aliphatic carbocycles. The highest BCUT2D eigenvalue weighted by Crippen LogP contribution is 2.43. The van der Waals surface area contributed by atoms with Gasteiger partial charge in [-0.1, -0.05) is 0 Å². The van der Waals surface area contributed by atoms with Crippen LogP contribution in [0.4, 0.5) is 28.9 Å². The van der Waals surface area contributed by atoms with Gasteiger partial charge in [0.2, 0.25) is 11.6 Å². The molecule has 200 valence electrons. The molecule has 0 saturated heterocycles. The van der Waals surface area contributed by atoms with E-state index in [4.69, 9.17) is 5.73 Å². The number of nitrogens with one attached hydrogen (secondary N) is 1. The van der Waals surface area contributed by atoms with Crippen LogP contribution in [0, 0.1) is 24.0 Å². The Morgan fingerprint density at radius 2 is 1.87 bits per heavy atom. The van der Waals surface area contributed by atoms with E-state index in [0.29, 0.717) is 22.6 Å². The quantitative estimate of drug-likeness (QED) is 0.189. The molecule has 4 aromatic heterocycles. The maximum atomic E-state index is 13.6. The van der Waals surface area contributed by atoms with Crippen molar-refractivity contribution in [3.8, 4) is 11.1 Å². The van der Waals surface area contributed by atoms with Gasteiger partial charge in [0.25, 0.3) is 18.8 Å². The largest absolute Gasteiger partial charge is 0.365 e. The van der Waals surface area contributed by atoms with E-state index in [-0.39, 0.29) is 32.0 Å². The zero-order chi connectivity index (χ0) is 28.0. The number of pyridine rings is 1. The summed E-state index contributed by atoms with van der Waals surface area (Å²) in [5.41, 5.74) is 3.66. The maximum Gasteiger partial charge on any atom is 0.319 e. The fourth-order valence-corrected chi connectivity index (χ4v) is 4.91. The summed E-state index contributed by atoms with van der Waals surface area (Å²) < 4.78 is 56.1. The van der Waals surface area contributed by atoms with Crippen LogP contribution in [0.5, 0.6) is 0 Å². The Labute approximate surface area is 214 Å². The van der Waals surface area contributed by atoms with E-state index in [1.807, 2.05) is 0 Å². The Hall–Kier alpha value is -4.41. The van der Waals surface area contributed by atoms with E-state index in [1.54, 1.807) is 14.0 Å². The van der Waals surface area contributed by atoms with Crippen molar-refractivity contribution < 1.29 is 32.1 Å². The second-order valence-electron chi connectivity index (χ2n) is 8.10. The van der Waals surface area contributed by atoms with Crippen molar-refractivity contribution in [1.29, 1.82) is 0 Å². The second kappa shape index (κ2) is 9.81. The van der Waals surface area contributed by atoms with Crippen LogP contribution in [0.3, 0.4) is 0 Å². The van der Waals surface area contributed by atoms with Crippen LogP contribution in [0.25, 0.3) is 21.3 Å². The number of primary amides is 1. The average molecular weight is 554 g/mol. The van der Waals surface area contributed by atoms with Gasteiger partial charge in [0, 0.05) is 23.7 Å². The smallest absolute Gasteiger partial charge is 0.319 e. The summed E-state index contributed by atoms with van der Waals surface area (Å²) in [5, 5.41) is 21.5. The molecule has 0 saturated carbocycles. The molecule has 0 aromatic carbocycles. The van der Waals surface area contributed by atoms with Crippen molar-refractivity contribution in [2.45, 2.75) is 33.2 Å². The lowest BCUT2D eigenvalue weighted by Crippen LogP contribution is -2.22. The summed E-state index contributed by atoms with van der Waals surface area (Å²) in [6.45, 7) is 2.10. The van der Waals surface area contributed by atoms with Crippen molar-refractivity contribution in [2.75, 3.05) is 5.32 Å². The first kappa shape index (κ1) is 26.6. The van der Waals surface area contributed by atoms with Crippen LogP contribution in [0.1, 0.15) is 45.3 Å². The van der Waals surface area contributed by atoms with Crippen molar-refractivity contribution in [3.63, 3.8) is 0 Å². The van der Waals surface area contributed by atoms with Gasteiger partial charge in [0.15, 0.2) is 0 Å². The van der Waals surface area contributed by atoms with Gasteiger partial charge in [-0.05, 0) is 25.5 Å². The summed E-state index contributed by atoms with van der Waals surface area (Å²) in [5.74, 6) is -1.89. The lowest BCUT2D eigenvalue weighted by molar-refractivity contribution is -0.386. The molecule has 0 spiro atoms. The van der Waals surface area contributed by atoms with E-state index in [9.17, 15) is 37.3 Å². The summed E-state index contributed by atoms with van der Waals surface area (Å²) >= 11 is 0.679. The van der Waals surface area contributed by atoms with Gasteiger partial charge in [-0.15, -0.1) is 11.3 Å². The van der Waals surface area contributed by atoms with E-state index in [2.05, 4.69) is 20.5 Å². The molecule has 17 heteroatoms. The van der Waals surface area contributed by atoms with Crippen LogP contribution in [-0.4, -0.2) is 41.3 Å². The fourth-order valence-electron chi connectivity index (χ4n) is 3.90. The van der Waals surface area contributed by atoms with Gasteiger partial charge in [0.1, 0.15) is 27.6 Å². The molecule has 38 heavy (non-hydrogen) atoms. The normalized spacial score (nSPS) is 11.6. The van der Waals surface area contributed by atoms with Crippen LogP contribution >= 0.6 is 11.3 Å². The molecule has 0 aliphatic rings. The van der Waals surface area contributed by atoms with Crippen molar-refractivity contribution in [3.05, 3.63) is 50.0 Å². The second-order valence-corrected chi connectivity index (χ2v) is 9.10. The van der Waals surface area contributed by atoms with Crippen molar-refractivity contribution in [1.82, 2.24) is 24.5 Å². The van der Waals surface area contributed by atoms with Crippen molar-refractivity contribution >= 4 is 44.7 Å². The monoisotopic (exact) mass is 554 g/mol. The molecular formula is C21H18F4N8O4S. The molecular weight excluding hydrogens is 536 g/mol. The molecule has 0 radical (unpaired) electrons. The van der Waals surface area contributed by atoms with E-state index in [1.165, 1.54) is 10.9 Å². The third-order valence-corrected chi connectivity index (χ3v) is 6.90. The minimum atomic E-state index is -3.26. The molecule has 3 N–H and O–H groups in total. The number of aromatic nitrogens is 5. The first-order valence-corrected chi connectivity index (χ1v) is 11.5. The van der Waals surface area contributed by atoms with Crippen LogP contribution in [0.15, 0.2) is 12.3 Å². The summed E-state index contributed by atoms with van der Waals surface area (Å²) in [6, 6.07) is 1.11. The number of nitrogens with two attached hydrogens (primary N) is 1. The van der Waals surface area contributed by atoms with Crippen LogP contribution < -0.4 is 11.1 Å². The number of nitrogens with zero attached hydrogens (tertiary/aromatic N) is 6. The number of nitro groups is 1. The molecule has 12 nitrogen and oxygen atoms in total. The molecule has 0 fully saturated rings. The van der Waals surface area contributed by atoms with Gasteiger partial charge in [-0.25, -0.2) is 22.5 Å². The van der Waals surface area contributed by atoms with Crippen LogP contribution in [-0.2, 0) is 18.4 Å². The number of thiophene rings is 1. The van der Waals surface area contributed by atoms with Crippen molar-refractivity contribution in [2.24, 2.45) is 12.8 Å². The molecule has 2 amide bonds. The number of amides is 2. The predicted octanol–water partition coefficient (Wildman–Crippen LogP) is 4.03. The number of hydrogen-bond donors (Lipinski definition) is 2. The van der Waals surface area contributed by atoms with E-state index >= 15 is 0 Å². The number of aryl methyl sites for hydroxylation is 1. The highest BCUT2D eigenvalue weighted by molar-refractivity contribution is 7.21. The standard InChI is InChI=1S/C21H18F4N8O4S/c1-7-10(5-27-31(7)3)9-4-11(18(22)23)28-21-13(9)14(17(38-21)20(26)35)29-12(34)6-32-8(2)16(33(36)37)15(30-32)19(24)25/h4-5,18-19H,6H2,1-3H3,(H2,26,35)(H,29,34). The summed E-state index contributed by atoms with van der Waals surface area (Å²) in [6.07, 6.45) is -4.79. The lowest BCUT2D eigenvalue weighted by atomic mass is 10.0.